The Morgan fingerprint density at radius 1 is 1.05 bits per heavy atom. The topological polar surface area (TPSA) is 117 Å². The van der Waals surface area contributed by atoms with Crippen molar-refractivity contribution in [1.82, 2.24) is 15.1 Å². The number of amides is 1. The van der Waals surface area contributed by atoms with Gasteiger partial charge in [-0.2, -0.15) is 5.10 Å². The number of aromatic amines is 1. The minimum Gasteiger partial charge on any atom is -0.496 e. The first-order chi connectivity index (χ1) is 17.7. The molecule has 2 aromatic carbocycles. The Labute approximate surface area is 217 Å². The SMILES string of the molecule is CCN(CC)CCC(=O)Nc1ccc(-c2c(C(=O)O)n[nH]c2-c2c(OC)cccc2OC)c(C(C)C)c1. The molecular formula is C28H36N4O5. The van der Waals surface area contributed by atoms with Crippen molar-refractivity contribution in [3.05, 3.63) is 47.7 Å². The van der Waals surface area contributed by atoms with Crippen LogP contribution in [0.4, 0.5) is 5.69 Å². The van der Waals surface area contributed by atoms with Crippen LogP contribution in [-0.4, -0.2) is 65.9 Å². The lowest BCUT2D eigenvalue weighted by Gasteiger charge is -2.19. The van der Waals surface area contributed by atoms with Crippen molar-refractivity contribution in [3.8, 4) is 33.9 Å². The predicted octanol–water partition coefficient (Wildman–Crippen LogP) is 5.25. The number of methoxy groups -OCH3 is 2. The highest BCUT2D eigenvalue weighted by Gasteiger charge is 2.27. The predicted molar refractivity (Wildman–Crippen MR) is 145 cm³/mol. The average molecular weight is 509 g/mol. The summed E-state index contributed by atoms with van der Waals surface area (Å²) >= 11 is 0. The lowest BCUT2D eigenvalue weighted by atomic mass is 9.89. The summed E-state index contributed by atoms with van der Waals surface area (Å²) in [5.74, 6) is -0.154. The number of benzene rings is 2. The van der Waals surface area contributed by atoms with Crippen LogP contribution in [0.5, 0.6) is 11.5 Å². The van der Waals surface area contributed by atoms with E-state index in [0.717, 1.165) is 18.7 Å². The third-order valence-electron chi connectivity index (χ3n) is 6.42. The Morgan fingerprint density at radius 3 is 2.24 bits per heavy atom. The first kappa shape index (κ1) is 27.7. The van der Waals surface area contributed by atoms with Crippen molar-refractivity contribution in [1.29, 1.82) is 0 Å². The molecule has 9 heteroatoms. The number of carboxylic acids is 1. The molecule has 1 amide bonds. The van der Waals surface area contributed by atoms with Gasteiger partial charge in [0.15, 0.2) is 5.69 Å². The lowest BCUT2D eigenvalue weighted by Crippen LogP contribution is -2.27. The Hall–Kier alpha value is -3.85. The number of nitrogens with zero attached hydrogens (tertiary/aromatic N) is 2. The molecule has 1 heterocycles. The van der Waals surface area contributed by atoms with Gasteiger partial charge in [0.25, 0.3) is 0 Å². The van der Waals surface area contributed by atoms with Gasteiger partial charge in [0.05, 0.1) is 25.5 Å². The largest absolute Gasteiger partial charge is 0.496 e. The second kappa shape index (κ2) is 12.4. The fourth-order valence-electron chi connectivity index (χ4n) is 4.41. The van der Waals surface area contributed by atoms with E-state index >= 15 is 0 Å². The van der Waals surface area contributed by atoms with Crippen molar-refractivity contribution in [2.45, 2.75) is 40.0 Å². The molecule has 3 aromatic rings. The number of hydrogen-bond donors (Lipinski definition) is 3. The summed E-state index contributed by atoms with van der Waals surface area (Å²) in [6, 6.07) is 10.9. The Balaban J connectivity index is 2.10. The van der Waals surface area contributed by atoms with Gasteiger partial charge < -0.3 is 24.8 Å². The minimum absolute atomic E-state index is 0.0338. The lowest BCUT2D eigenvalue weighted by molar-refractivity contribution is -0.116. The van der Waals surface area contributed by atoms with Crippen LogP contribution in [0.3, 0.4) is 0 Å². The number of ether oxygens (including phenoxy) is 2. The molecule has 0 aliphatic rings. The van der Waals surface area contributed by atoms with E-state index in [9.17, 15) is 14.7 Å². The maximum Gasteiger partial charge on any atom is 0.357 e. The number of carbonyl (C=O) groups excluding carboxylic acids is 1. The Kier molecular flexibility index (Phi) is 9.30. The number of hydrogen-bond acceptors (Lipinski definition) is 6. The summed E-state index contributed by atoms with van der Waals surface area (Å²) in [4.78, 5) is 27.0. The number of nitrogens with one attached hydrogen (secondary N) is 2. The summed E-state index contributed by atoms with van der Waals surface area (Å²) in [5, 5.41) is 20.0. The molecule has 0 aliphatic carbocycles. The average Bonchev–Trinajstić information content (AvgIpc) is 3.33. The molecule has 0 bridgehead atoms. The monoisotopic (exact) mass is 508 g/mol. The van der Waals surface area contributed by atoms with E-state index in [1.807, 2.05) is 26.0 Å². The molecule has 3 N–H and O–H groups in total. The molecule has 0 saturated carbocycles. The fourth-order valence-corrected chi connectivity index (χ4v) is 4.41. The number of carbonyl (C=O) groups is 2. The highest BCUT2D eigenvalue weighted by molar-refractivity contribution is 6.01. The van der Waals surface area contributed by atoms with Gasteiger partial charge in [0.1, 0.15) is 11.5 Å². The molecule has 198 valence electrons. The number of aromatic carboxylic acids is 1. The van der Waals surface area contributed by atoms with Crippen LogP contribution in [0.1, 0.15) is 56.1 Å². The minimum atomic E-state index is -1.16. The van der Waals surface area contributed by atoms with Gasteiger partial charge in [0.2, 0.25) is 5.91 Å². The second-order valence-corrected chi connectivity index (χ2v) is 8.95. The zero-order chi connectivity index (χ0) is 27.1. The van der Waals surface area contributed by atoms with Gasteiger partial charge >= 0.3 is 5.97 Å². The zero-order valence-corrected chi connectivity index (χ0v) is 22.3. The maximum absolute atomic E-state index is 12.6. The number of carboxylic acid groups (broad SMARTS) is 1. The highest BCUT2D eigenvalue weighted by atomic mass is 16.5. The number of rotatable bonds is 12. The van der Waals surface area contributed by atoms with Crippen LogP contribution in [0.25, 0.3) is 22.4 Å². The van der Waals surface area contributed by atoms with Crippen molar-refractivity contribution >= 4 is 17.6 Å². The molecule has 0 aliphatic heterocycles. The molecule has 1 aromatic heterocycles. The van der Waals surface area contributed by atoms with Crippen LogP contribution in [0, 0.1) is 0 Å². The van der Waals surface area contributed by atoms with E-state index in [2.05, 4.69) is 34.3 Å². The van der Waals surface area contributed by atoms with E-state index in [0.29, 0.717) is 52.5 Å². The highest BCUT2D eigenvalue weighted by Crippen LogP contribution is 2.45. The molecule has 9 nitrogen and oxygen atoms in total. The van der Waals surface area contributed by atoms with Crippen molar-refractivity contribution < 1.29 is 24.2 Å². The molecule has 0 atom stereocenters. The molecule has 37 heavy (non-hydrogen) atoms. The summed E-state index contributed by atoms with van der Waals surface area (Å²) < 4.78 is 11.1. The maximum atomic E-state index is 12.6. The van der Waals surface area contributed by atoms with Crippen LogP contribution in [0.15, 0.2) is 36.4 Å². The third-order valence-corrected chi connectivity index (χ3v) is 6.42. The summed E-state index contributed by atoms with van der Waals surface area (Å²) in [6.45, 7) is 10.7. The van der Waals surface area contributed by atoms with E-state index in [4.69, 9.17) is 9.47 Å². The fraction of sp³-hybridized carbons (Fsp3) is 0.393. The normalized spacial score (nSPS) is 11.1. The molecule has 3 rings (SSSR count). The van der Waals surface area contributed by atoms with Gasteiger partial charge in [-0.05, 0) is 54.4 Å². The van der Waals surface area contributed by atoms with Crippen LogP contribution in [0.2, 0.25) is 0 Å². The van der Waals surface area contributed by atoms with Crippen molar-refractivity contribution in [2.75, 3.05) is 39.2 Å². The first-order valence-corrected chi connectivity index (χ1v) is 12.4. The molecular weight excluding hydrogens is 472 g/mol. The van der Waals surface area contributed by atoms with Gasteiger partial charge in [-0.15, -0.1) is 0 Å². The zero-order valence-electron chi connectivity index (χ0n) is 22.3. The van der Waals surface area contributed by atoms with Crippen LogP contribution < -0.4 is 14.8 Å². The summed E-state index contributed by atoms with van der Waals surface area (Å²) in [6.07, 6.45) is 0.392. The standard InChI is InChI=1S/C28H36N4O5/c1-7-32(8-2)15-14-23(33)29-18-12-13-19(20(16-18)17(3)4)24-26(30-31-27(24)28(34)35)25-21(36-5)10-9-11-22(25)37-6/h9-13,16-17H,7-8,14-15H2,1-6H3,(H,29,33)(H,30,31)(H,34,35). The third kappa shape index (κ3) is 6.11. The van der Waals surface area contributed by atoms with E-state index < -0.39 is 5.97 Å². The van der Waals surface area contributed by atoms with Gasteiger partial charge in [0, 0.05) is 24.2 Å². The summed E-state index contributed by atoms with van der Waals surface area (Å²) in [7, 11) is 3.09. The van der Waals surface area contributed by atoms with Gasteiger partial charge in [-0.3, -0.25) is 9.89 Å². The molecule has 0 radical (unpaired) electrons. The summed E-state index contributed by atoms with van der Waals surface area (Å²) in [5.41, 5.74) is 3.61. The Morgan fingerprint density at radius 2 is 1.70 bits per heavy atom. The molecule has 0 spiro atoms. The molecule has 0 saturated heterocycles. The van der Waals surface area contributed by atoms with Crippen LogP contribution >= 0.6 is 0 Å². The van der Waals surface area contributed by atoms with Crippen LogP contribution in [-0.2, 0) is 4.79 Å². The van der Waals surface area contributed by atoms with Gasteiger partial charge in [-0.25, -0.2) is 4.79 Å². The molecule has 0 unspecified atom stereocenters. The first-order valence-electron chi connectivity index (χ1n) is 12.4. The van der Waals surface area contributed by atoms with E-state index in [1.165, 1.54) is 0 Å². The van der Waals surface area contributed by atoms with E-state index in [-0.39, 0.29) is 17.5 Å². The van der Waals surface area contributed by atoms with E-state index in [1.54, 1.807) is 38.5 Å². The Bertz CT molecular complexity index is 1230. The second-order valence-electron chi connectivity index (χ2n) is 8.95. The quantitative estimate of drug-likeness (QED) is 0.306. The number of aromatic nitrogens is 2. The van der Waals surface area contributed by atoms with Crippen molar-refractivity contribution in [3.63, 3.8) is 0 Å². The smallest absolute Gasteiger partial charge is 0.357 e. The number of H-pyrrole nitrogens is 1. The van der Waals surface area contributed by atoms with Crippen molar-refractivity contribution in [2.24, 2.45) is 0 Å². The number of anilines is 1. The molecule has 0 fully saturated rings. The van der Waals surface area contributed by atoms with Gasteiger partial charge in [-0.1, -0.05) is 39.8 Å².